The molecule has 7 nitrogen and oxygen atoms in total. The van der Waals surface area contributed by atoms with Crippen molar-refractivity contribution in [1.82, 2.24) is 9.78 Å². The summed E-state index contributed by atoms with van der Waals surface area (Å²) in [6.07, 6.45) is 1.19. The standard InChI is InChI=1S/C16H17N3O4/c1-4-11-12(8-17)15(20)19(18-13(11)5-2)9-10-6-7-14(23-10)16(21)22-3/h6-7H,4-5,9H2,1-3H3. The Balaban J connectivity index is 2.44. The van der Waals surface area contributed by atoms with E-state index >= 15 is 0 Å². The topological polar surface area (TPSA) is 98.1 Å². The average molecular weight is 315 g/mol. The van der Waals surface area contributed by atoms with Crippen molar-refractivity contribution < 1.29 is 13.9 Å². The minimum Gasteiger partial charge on any atom is -0.463 e. The third-order valence-corrected chi connectivity index (χ3v) is 3.49. The summed E-state index contributed by atoms with van der Waals surface area (Å²) in [5.41, 5.74) is 1.05. The molecule has 120 valence electrons. The van der Waals surface area contributed by atoms with E-state index in [9.17, 15) is 14.9 Å². The number of hydrogen-bond donors (Lipinski definition) is 0. The Hall–Kier alpha value is -2.88. The summed E-state index contributed by atoms with van der Waals surface area (Å²) in [4.78, 5) is 23.8. The molecule has 0 aliphatic carbocycles. The predicted molar refractivity (Wildman–Crippen MR) is 81.1 cm³/mol. The number of methoxy groups -OCH3 is 1. The number of ether oxygens (including phenoxy) is 1. The summed E-state index contributed by atoms with van der Waals surface area (Å²) in [6, 6.07) is 5.02. The van der Waals surface area contributed by atoms with Gasteiger partial charge in [0.25, 0.3) is 5.56 Å². The van der Waals surface area contributed by atoms with Gasteiger partial charge in [-0.25, -0.2) is 9.48 Å². The van der Waals surface area contributed by atoms with Crippen LogP contribution in [0.5, 0.6) is 0 Å². The van der Waals surface area contributed by atoms with Crippen LogP contribution in [0.2, 0.25) is 0 Å². The fourth-order valence-electron chi connectivity index (χ4n) is 2.36. The smallest absolute Gasteiger partial charge is 0.373 e. The molecule has 0 saturated carbocycles. The summed E-state index contributed by atoms with van der Waals surface area (Å²) in [6.45, 7) is 3.84. The lowest BCUT2D eigenvalue weighted by atomic mass is 10.0. The van der Waals surface area contributed by atoms with Crippen LogP contribution in [0.25, 0.3) is 0 Å². The van der Waals surface area contributed by atoms with Crippen molar-refractivity contribution >= 4 is 5.97 Å². The number of aryl methyl sites for hydroxylation is 1. The third kappa shape index (κ3) is 3.16. The molecule has 0 aliphatic heterocycles. The van der Waals surface area contributed by atoms with Crippen LogP contribution in [0.4, 0.5) is 0 Å². The molecule has 7 heteroatoms. The first-order valence-corrected chi connectivity index (χ1v) is 7.25. The molecular formula is C16H17N3O4. The molecule has 0 bridgehead atoms. The Bertz CT molecular complexity index is 827. The van der Waals surface area contributed by atoms with E-state index in [1.54, 1.807) is 6.07 Å². The van der Waals surface area contributed by atoms with Crippen molar-refractivity contribution in [2.75, 3.05) is 7.11 Å². The molecule has 0 atom stereocenters. The Labute approximate surface area is 133 Å². The Morgan fingerprint density at radius 3 is 2.70 bits per heavy atom. The van der Waals surface area contributed by atoms with Crippen LogP contribution in [0, 0.1) is 11.3 Å². The van der Waals surface area contributed by atoms with Gasteiger partial charge in [-0.15, -0.1) is 0 Å². The lowest BCUT2D eigenvalue weighted by Crippen LogP contribution is -2.29. The molecule has 2 heterocycles. The Morgan fingerprint density at radius 2 is 2.13 bits per heavy atom. The normalized spacial score (nSPS) is 10.3. The lowest BCUT2D eigenvalue weighted by molar-refractivity contribution is 0.0562. The van der Waals surface area contributed by atoms with Crippen molar-refractivity contribution in [3.63, 3.8) is 0 Å². The zero-order chi connectivity index (χ0) is 17.0. The summed E-state index contributed by atoms with van der Waals surface area (Å²) in [7, 11) is 1.26. The van der Waals surface area contributed by atoms with E-state index in [2.05, 4.69) is 9.84 Å². The average Bonchev–Trinajstić information content (AvgIpc) is 3.03. The van der Waals surface area contributed by atoms with Crippen LogP contribution in [-0.2, 0) is 24.1 Å². The van der Waals surface area contributed by atoms with Crippen molar-refractivity contribution in [3.05, 3.63) is 50.8 Å². The minimum absolute atomic E-state index is 0.0432. The summed E-state index contributed by atoms with van der Waals surface area (Å²) >= 11 is 0. The van der Waals surface area contributed by atoms with Crippen LogP contribution >= 0.6 is 0 Å². The molecule has 0 fully saturated rings. The fraction of sp³-hybridized carbons (Fsp3) is 0.375. The number of carbonyl (C=O) groups is 1. The van der Waals surface area contributed by atoms with Crippen molar-refractivity contribution in [3.8, 4) is 6.07 Å². The number of nitriles is 1. The van der Waals surface area contributed by atoms with E-state index in [0.717, 1.165) is 0 Å². The van der Waals surface area contributed by atoms with Crippen LogP contribution in [-0.4, -0.2) is 22.9 Å². The Kier molecular flexibility index (Phi) is 4.96. The quantitative estimate of drug-likeness (QED) is 0.778. The van der Waals surface area contributed by atoms with E-state index in [1.807, 2.05) is 19.9 Å². The highest BCUT2D eigenvalue weighted by atomic mass is 16.5. The van der Waals surface area contributed by atoms with Gasteiger partial charge in [-0.2, -0.15) is 10.4 Å². The van der Waals surface area contributed by atoms with Crippen molar-refractivity contribution in [2.45, 2.75) is 33.2 Å². The van der Waals surface area contributed by atoms with Gasteiger partial charge in [-0.1, -0.05) is 13.8 Å². The third-order valence-electron chi connectivity index (χ3n) is 3.49. The minimum atomic E-state index is -0.593. The molecule has 0 aliphatic rings. The fourth-order valence-corrected chi connectivity index (χ4v) is 2.36. The largest absolute Gasteiger partial charge is 0.463 e. The number of rotatable bonds is 5. The van der Waals surface area contributed by atoms with Gasteiger partial charge in [0, 0.05) is 0 Å². The summed E-state index contributed by atoms with van der Waals surface area (Å²) in [5.74, 6) is -0.156. The number of hydrogen-bond acceptors (Lipinski definition) is 6. The maximum Gasteiger partial charge on any atom is 0.373 e. The van der Waals surface area contributed by atoms with Crippen LogP contribution in [0.3, 0.4) is 0 Å². The molecule has 0 amide bonds. The molecule has 2 rings (SSSR count). The van der Waals surface area contributed by atoms with Gasteiger partial charge >= 0.3 is 5.97 Å². The number of furan rings is 1. The maximum absolute atomic E-state index is 12.4. The molecule has 0 saturated heterocycles. The molecule has 23 heavy (non-hydrogen) atoms. The number of carbonyl (C=O) groups excluding carboxylic acids is 1. The summed E-state index contributed by atoms with van der Waals surface area (Å²) in [5, 5.41) is 13.6. The number of nitrogens with zero attached hydrogens (tertiary/aromatic N) is 3. The molecule has 0 N–H and O–H groups in total. The van der Waals surface area contributed by atoms with Crippen molar-refractivity contribution in [1.29, 1.82) is 5.26 Å². The second kappa shape index (κ2) is 6.92. The van der Waals surface area contributed by atoms with Crippen molar-refractivity contribution in [2.24, 2.45) is 0 Å². The van der Waals surface area contributed by atoms with Crippen LogP contribution in [0.15, 0.2) is 21.3 Å². The molecule has 0 aromatic carbocycles. The molecule has 2 aromatic rings. The first kappa shape index (κ1) is 16.5. The number of aromatic nitrogens is 2. The monoisotopic (exact) mass is 315 g/mol. The van der Waals surface area contributed by atoms with Gasteiger partial charge in [-0.05, 0) is 30.5 Å². The molecule has 0 unspecified atom stereocenters. The first-order chi connectivity index (χ1) is 11.0. The second-order valence-electron chi connectivity index (χ2n) is 4.84. The molecule has 2 aromatic heterocycles. The van der Waals surface area contributed by atoms with Crippen LogP contribution in [0.1, 0.15) is 47.0 Å². The Morgan fingerprint density at radius 1 is 1.39 bits per heavy atom. The maximum atomic E-state index is 12.4. The molecule has 0 radical (unpaired) electrons. The SMILES string of the molecule is CCc1nn(Cc2ccc(C(=O)OC)o2)c(=O)c(C#N)c1CC. The first-order valence-electron chi connectivity index (χ1n) is 7.25. The molecule has 0 spiro atoms. The highest BCUT2D eigenvalue weighted by molar-refractivity contribution is 5.86. The van der Waals surface area contributed by atoms with Gasteiger partial charge in [-0.3, -0.25) is 4.79 Å². The zero-order valence-corrected chi connectivity index (χ0v) is 13.3. The van der Waals surface area contributed by atoms with Gasteiger partial charge in [0.05, 0.1) is 12.8 Å². The zero-order valence-electron chi connectivity index (χ0n) is 13.3. The van der Waals surface area contributed by atoms with E-state index in [0.29, 0.717) is 29.9 Å². The van der Waals surface area contributed by atoms with E-state index in [1.165, 1.54) is 17.9 Å². The summed E-state index contributed by atoms with van der Waals surface area (Å²) < 4.78 is 11.1. The van der Waals surface area contributed by atoms with Gasteiger partial charge in [0.15, 0.2) is 0 Å². The highest BCUT2D eigenvalue weighted by Crippen LogP contribution is 2.13. The van der Waals surface area contributed by atoms with E-state index < -0.39 is 11.5 Å². The van der Waals surface area contributed by atoms with E-state index in [-0.39, 0.29) is 17.9 Å². The van der Waals surface area contributed by atoms with Gasteiger partial charge in [0.2, 0.25) is 5.76 Å². The number of esters is 1. The second-order valence-corrected chi connectivity index (χ2v) is 4.84. The highest BCUT2D eigenvalue weighted by Gasteiger charge is 2.17. The van der Waals surface area contributed by atoms with Gasteiger partial charge < -0.3 is 9.15 Å². The van der Waals surface area contributed by atoms with E-state index in [4.69, 9.17) is 4.42 Å². The van der Waals surface area contributed by atoms with Crippen LogP contribution < -0.4 is 5.56 Å². The predicted octanol–water partition coefficient (Wildman–Crippen LogP) is 1.67. The lowest BCUT2D eigenvalue weighted by Gasteiger charge is -2.10. The van der Waals surface area contributed by atoms with Gasteiger partial charge in [0.1, 0.15) is 23.9 Å². The molecular weight excluding hydrogens is 298 g/mol.